The first-order valence-corrected chi connectivity index (χ1v) is 6.19. The molecule has 19 heavy (non-hydrogen) atoms. The van der Waals surface area contributed by atoms with Gasteiger partial charge in [0.2, 0.25) is 0 Å². The summed E-state index contributed by atoms with van der Waals surface area (Å²) in [6.07, 6.45) is 1.77. The van der Waals surface area contributed by atoms with E-state index in [0.717, 1.165) is 0 Å². The van der Waals surface area contributed by atoms with E-state index in [4.69, 9.17) is 10.5 Å². The third-order valence-electron chi connectivity index (χ3n) is 3.34. The molecule has 3 atom stereocenters. The van der Waals surface area contributed by atoms with Gasteiger partial charge in [-0.1, -0.05) is 6.92 Å². The molecule has 2 amide bonds. The van der Waals surface area contributed by atoms with Gasteiger partial charge in [-0.2, -0.15) is 0 Å². The van der Waals surface area contributed by atoms with Crippen molar-refractivity contribution in [1.29, 1.82) is 0 Å². The number of rotatable bonds is 3. The molecular formula is C13H17N3O3. The lowest BCUT2D eigenvalue weighted by Gasteiger charge is -2.11. The molecule has 6 heteroatoms. The van der Waals surface area contributed by atoms with E-state index in [2.05, 4.69) is 17.2 Å². The molecule has 2 rings (SSSR count). The fourth-order valence-electron chi connectivity index (χ4n) is 1.98. The Balaban J connectivity index is 1.97. The molecule has 1 aromatic rings. The summed E-state index contributed by atoms with van der Waals surface area (Å²) in [6.45, 7) is 4.02. The number of aromatic nitrogens is 1. The summed E-state index contributed by atoms with van der Waals surface area (Å²) in [7, 11) is 0. The van der Waals surface area contributed by atoms with E-state index >= 15 is 0 Å². The summed E-state index contributed by atoms with van der Waals surface area (Å²) in [5.41, 5.74) is 5.77. The molecule has 6 nitrogen and oxygen atoms in total. The van der Waals surface area contributed by atoms with Gasteiger partial charge in [0.05, 0.1) is 18.0 Å². The molecule has 0 aliphatic carbocycles. The lowest BCUT2D eigenvalue weighted by molar-refractivity contribution is -0.126. The molecule has 1 fully saturated rings. The molecule has 3 N–H and O–H groups in total. The van der Waals surface area contributed by atoms with E-state index in [1.54, 1.807) is 6.07 Å². The van der Waals surface area contributed by atoms with Crippen LogP contribution in [0.15, 0.2) is 18.3 Å². The van der Waals surface area contributed by atoms with Crippen LogP contribution in [0.3, 0.4) is 0 Å². The molecule has 1 aromatic heterocycles. The van der Waals surface area contributed by atoms with Crippen LogP contribution in [0.4, 0.5) is 5.69 Å². The minimum Gasteiger partial charge on any atom is -0.365 e. The standard InChI is InChI=1S/C13H17N3O3/c1-7-5-11(19-8(7)2)13(18)16-9-3-4-10(12(14)17)15-6-9/h3-4,6-8,11H,5H2,1-2H3,(H2,14,17)(H,16,18). The average Bonchev–Trinajstić information content (AvgIpc) is 2.70. The lowest BCUT2D eigenvalue weighted by Crippen LogP contribution is -2.27. The van der Waals surface area contributed by atoms with Crippen molar-refractivity contribution < 1.29 is 14.3 Å². The Kier molecular flexibility index (Phi) is 3.80. The Morgan fingerprint density at radius 3 is 2.63 bits per heavy atom. The number of amides is 2. The van der Waals surface area contributed by atoms with Gasteiger partial charge in [0.15, 0.2) is 0 Å². The minimum absolute atomic E-state index is 0.0890. The normalized spacial score (nSPS) is 26.1. The predicted molar refractivity (Wildman–Crippen MR) is 69.5 cm³/mol. The van der Waals surface area contributed by atoms with Crippen LogP contribution >= 0.6 is 0 Å². The first-order valence-electron chi connectivity index (χ1n) is 6.19. The van der Waals surface area contributed by atoms with E-state index < -0.39 is 12.0 Å². The Hall–Kier alpha value is -1.95. The molecular weight excluding hydrogens is 246 g/mol. The first-order chi connectivity index (χ1) is 8.97. The zero-order chi connectivity index (χ0) is 14.0. The Bertz CT molecular complexity index is 476. The summed E-state index contributed by atoms with van der Waals surface area (Å²) in [4.78, 5) is 26.7. The van der Waals surface area contributed by atoms with E-state index in [9.17, 15) is 9.59 Å². The van der Waals surface area contributed by atoms with Gasteiger partial charge >= 0.3 is 0 Å². The highest BCUT2D eigenvalue weighted by Gasteiger charge is 2.33. The largest absolute Gasteiger partial charge is 0.365 e. The van der Waals surface area contributed by atoms with Gasteiger partial charge in [-0.15, -0.1) is 0 Å². The summed E-state index contributed by atoms with van der Waals surface area (Å²) in [5.74, 6) is -0.421. The predicted octanol–water partition coefficient (Wildman–Crippen LogP) is 0.932. The number of hydrogen-bond donors (Lipinski definition) is 2. The highest BCUT2D eigenvalue weighted by molar-refractivity contribution is 5.95. The van der Waals surface area contributed by atoms with Crippen molar-refractivity contribution in [3.8, 4) is 0 Å². The summed E-state index contributed by atoms with van der Waals surface area (Å²) < 4.78 is 5.56. The number of carbonyl (C=O) groups is 2. The quantitative estimate of drug-likeness (QED) is 0.848. The molecule has 0 saturated carbocycles. The van der Waals surface area contributed by atoms with E-state index in [1.807, 2.05) is 6.92 Å². The highest BCUT2D eigenvalue weighted by atomic mass is 16.5. The molecule has 1 saturated heterocycles. The van der Waals surface area contributed by atoms with Crippen LogP contribution < -0.4 is 11.1 Å². The Morgan fingerprint density at radius 1 is 1.42 bits per heavy atom. The van der Waals surface area contributed by atoms with Crippen LogP contribution in [-0.2, 0) is 9.53 Å². The van der Waals surface area contributed by atoms with Crippen molar-refractivity contribution in [2.75, 3.05) is 5.32 Å². The maximum Gasteiger partial charge on any atom is 0.267 e. The van der Waals surface area contributed by atoms with Crippen LogP contribution in [0, 0.1) is 5.92 Å². The second-order valence-corrected chi connectivity index (χ2v) is 4.83. The first kappa shape index (κ1) is 13.5. The fraction of sp³-hybridized carbons (Fsp3) is 0.462. The third-order valence-corrected chi connectivity index (χ3v) is 3.34. The van der Waals surface area contributed by atoms with E-state index in [0.29, 0.717) is 18.0 Å². The van der Waals surface area contributed by atoms with Crippen molar-refractivity contribution in [2.24, 2.45) is 11.7 Å². The van der Waals surface area contributed by atoms with Gasteiger partial charge in [0, 0.05) is 0 Å². The second-order valence-electron chi connectivity index (χ2n) is 4.83. The van der Waals surface area contributed by atoms with Crippen LogP contribution in [0.1, 0.15) is 30.8 Å². The summed E-state index contributed by atoms with van der Waals surface area (Å²) in [5, 5.41) is 2.71. The minimum atomic E-state index is -0.598. The lowest BCUT2D eigenvalue weighted by atomic mass is 10.0. The van der Waals surface area contributed by atoms with Crippen LogP contribution in [-0.4, -0.2) is 29.0 Å². The van der Waals surface area contributed by atoms with Crippen LogP contribution in [0.5, 0.6) is 0 Å². The molecule has 0 aromatic carbocycles. The molecule has 0 bridgehead atoms. The average molecular weight is 263 g/mol. The van der Waals surface area contributed by atoms with Crippen molar-refractivity contribution in [2.45, 2.75) is 32.5 Å². The number of hydrogen-bond acceptors (Lipinski definition) is 4. The monoisotopic (exact) mass is 263 g/mol. The third kappa shape index (κ3) is 3.08. The highest BCUT2D eigenvalue weighted by Crippen LogP contribution is 2.26. The molecule has 0 radical (unpaired) electrons. The maximum absolute atomic E-state index is 12.0. The second kappa shape index (κ2) is 5.36. The topological polar surface area (TPSA) is 94.3 Å². The molecule has 1 aliphatic heterocycles. The van der Waals surface area contributed by atoms with Crippen molar-refractivity contribution >= 4 is 17.5 Å². The number of primary amides is 1. The van der Waals surface area contributed by atoms with Crippen molar-refractivity contribution in [1.82, 2.24) is 4.98 Å². The van der Waals surface area contributed by atoms with Gasteiger partial charge in [-0.3, -0.25) is 9.59 Å². The number of carbonyl (C=O) groups excluding carboxylic acids is 2. The fourth-order valence-corrected chi connectivity index (χ4v) is 1.98. The SMILES string of the molecule is CC1CC(C(=O)Nc2ccc(C(N)=O)nc2)OC1C. The van der Waals surface area contributed by atoms with Crippen LogP contribution in [0.2, 0.25) is 0 Å². The Morgan fingerprint density at radius 2 is 2.16 bits per heavy atom. The van der Waals surface area contributed by atoms with Gasteiger partial charge in [-0.25, -0.2) is 4.98 Å². The van der Waals surface area contributed by atoms with Gasteiger partial charge in [0.25, 0.3) is 11.8 Å². The maximum atomic E-state index is 12.0. The molecule has 3 unspecified atom stereocenters. The van der Waals surface area contributed by atoms with Gasteiger partial charge < -0.3 is 15.8 Å². The molecule has 1 aliphatic rings. The number of nitrogens with one attached hydrogen (secondary N) is 1. The van der Waals surface area contributed by atoms with Crippen molar-refractivity contribution in [3.05, 3.63) is 24.0 Å². The number of pyridine rings is 1. The van der Waals surface area contributed by atoms with Crippen LogP contribution in [0.25, 0.3) is 0 Å². The Labute approximate surface area is 111 Å². The van der Waals surface area contributed by atoms with Gasteiger partial charge in [0.1, 0.15) is 11.8 Å². The number of anilines is 1. The zero-order valence-electron chi connectivity index (χ0n) is 10.9. The summed E-state index contributed by atoms with van der Waals surface area (Å²) in [6, 6.07) is 3.06. The molecule has 0 spiro atoms. The van der Waals surface area contributed by atoms with E-state index in [1.165, 1.54) is 12.3 Å². The van der Waals surface area contributed by atoms with Crippen molar-refractivity contribution in [3.63, 3.8) is 0 Å². The number of nitrogens with zero attached hydrogens (tertiary/aromatic N) is 1. The zero-order valence-corrected chi connectivity index (χ0v) is 10.9. The summed E-state index contributed by atoms with van der Waals surface area (Å²) >= 11 is 0. The van der Waals surface area contributed by atoms with E-state index in [-0.39, 0.29) is 17.7 Å². The number of nitrogens with two attached hydrogens (primary N) is 1. The van der Waals surface area contributed by atoms with Gasteiger partial charge in [-0.05, 0) is 31.4 Å². The molecule has 2 heterocycles. The smallest absolute Gasteiger partial charge is 0.267 e. The number of ether oxygens (including phenoxy) is 1. The molecule has 102 valence electrons.